The lowest BCUT2D eigenvalue weighted by molar-refractivity contribution is 0.0677. The largest absolute Gasteiger partial charge is 0.328 e. The molecule has 0 radical (unpaired) electrons. The molecule has 2 aromatic rings. The van der Waals surface area contributed by atoms with E-state index >= 15 is 0 Å². The predicted octanol–water partition coefficient (Wildman–Crippen LogP) is 4.12. The van der Waals surface area contributed by atoms with Crippen LogP contribution in [0.1, 0.15) is 53.7 Å². The number of carbonyl (C=O) groups excluding carboxylic acids is 1. The lowest BCUT2D eigenvalue weighted by Crippen LogP contribution is -2.35. The molecule has 1 aromatic heterocycles. The van der Waals surface area contributed by atoms with Gasteiger partial charge in [-0.25, -0.2) is 0 Å². The maximum atomic E-state index is 13.0. The van der Waals surface area contributed by atoms with Crippen LogP contribution in [0, 0.1) is 0 Å². The zero-order chi connectivity index (χ0) is 15.7. The van der Waals surface area contributed by atoms with Crippen molar-refractivity contribution < 1.29 is 4.79 Å². The molecule has 0 N–H and O–H groups in total. The molecule has 0 aliphatic heterocycles. The van der Waals surface area contributed by atoms with Gasteiger partial charge in [0.25, 0.3) is 5.91 Å². The van der Waals surface area contributed by atoms with Crippen molar-refractivity contribution in [3.8, 4) is 0 Å². The highest BCUT2D eigenvalue weighted by Gasteiger charge is 2.38. The van der Waals surface area contributed by atoms with E-state index in [0.29, 0.717) is 15.9 Å². The first kappa shape index (κ1) is 15.4. The number of carbonyl (C=O) groups is 1. The van der Waals surface area contributed by atoms with Crippen LogP contribution in [0.25, 0.3) is 0 Å². The van der Waals surface area contributed by atoms with Crippen molar-refractivity contribution in [2.45, 2.75) is 45.2 Å². The summed E-state index contributed by atoms with van der Waals surface area (Å²) in [5.74, 6) is 0.0526. The second-order valence-corrected chi connectivity index (χ2v) is 6.76. The normalized spacial score (nSPS) is 15.6. The van der Waals surface area contributed by atoms with Crippen LogP contribution < -0.4 is 0 Å². The Hall–Kier alpha value is -1.46. The summed E-state index contributed by atoms with van der Waals surface area (Å²) in [5.41, 5.74) is 1.89. The van der Waals surface area contributed by atoms with Crippen LogP contribution in [-0.4, -0.2) is 26.4 Å². The van der Waals surface area contributed by atoms with Gasteiger partial charge < -0.3 is 4.90 Å². The van der Waals surface area contributed by atoms with Crippen molar-refractivity contribution in [3.05, 3.63) is 45.4 Å². The maximum Gasteiger partial charge on any atom is 0.268 e. The van der Waals surface area contributed by atoms with E-state index in [1.165, 1.54) is 11.5 Å². The smallest absolute Gasteiger partial charge is 0.268 e. The Bertz CT molecular complexity index is 666. The van der Waals surface area contributed by atoms with E-state index in [0.717, 1.165) is 30.5 Å². The van der Waals surface area contributed by atoms with Crippen molar-refractivity contribution in [2.24, 2.45) is 0 Å². The summed E-state index contributed by atoms with van der Waals surface area (Å²) in [6, 6.07) is 8.06. The lowest BCUT2D eigenvalue weighted by Gasteiger charge is -2.29. The molecule has 1 fully saturated rings. The minimum absolute atomic E-state index is 0.0177. The Kier molecular flexibility index (Phi) is 4.45. The first-order chi connectivity index (χ1) is 10.6. The Morgan fingerprint density at radius 2 is 2.09 bits per heavy atom. The quantitative estimate of drug-likeness (QED) is 0.825. The molecule has 0 bridgehead atoms. The molecule has 1 aliphatic rings. The molecular formula is C16H18ClN3OS. The van der Waals surface area contributed by atoms with Crippen LogP contribution in [-0.2, 0) is 6.42 Å². The van der Waals surface area contributed by atoms with E-state index < -0.39 is 0 Å². The number of aromatic nitrogens is 2. The number of hydrogen-bond donors (Lipinski definition) is 0. The monoisotopic (exact) mass is 335 g/mol. The highest BCUT2D eigenvalue weighted by Crippen LogP contribution is 2.36. The summed E-state index contributed by atoms with van der Waals surface area (Å²) in [4.78, 5) is 15.6. The van der Waals surface area contributed by atoms with Gasteiger partial charge in [-0.05, 0) is 55.4 Å². The van der Waals surface area contributed by atoms with Gasteiger partial charge in [-0.2, -0.15) is 0 Å². The SMILES string of the molecule is CCc1nnsc1C(=O)N(C1CC1)C(C)c1ccc(Cl)cc1. The second-order valence-electron chi connectivity index (χ2n) is 5.57. The number of nitrogens with zero attached hydrogens (tertiary/aromatic N) is 3. The molecule has 1 aliphatic carbocycles. The molecule has 1 heterocycles. The summed E-state index contributed by atoms with van der Waals surface area (Å²) in [6.45, 7) is 4.07. The molecule has 1 unspecified atom stereocenters. The van der Waals surface area contributed by atoms with Gasteiger partial charge in [-0.1, -0.05) is 35.1 Å². The molecular weight excluding hydrogens is 318 g/mol. The molecule has 116 valence electrons. The van der Waals surface area contributed by atoms with Crippen LogP contribution >= 0.6 is 23.1 Å². The molecule has 3 rings (SSSR count). The fourth-order valence-corrected chi connectivity index (χ4v) is 3.45. The molecule has 0 saturated heterocycles. The summed E-state index contributed by atoms with van der Waals surface area (Å²) in [5, 5.41) is 4.77. The van der Waals surface area contributed by atoms with Crippen LogP contribution in [0.4, 0.5) is 0 Å². The molecule has 1 amide bonds. The third kappa shape index (κ3) is 3.01. The maximum absolute atomic E-state index is 13.0. The number of benzene rings is 1. The van der Waals surface area contributed by atoms with Gasteiger partial charge in [-0.15, -0.1) is 5.10 Å². The van der Waals surface area contributed by atoms with Crippen LogP contribution in [0.2, 0.25) is 5.02 Å². The van der Waals surface area contributed by atoms with Crippen molar-refractivity contribution >= 4 is 29.0 Å². The molecule has 1 aromatic carbocycles. The van der Waals surface area contributed by atoms with E-state index in [2.05, 4.69) is 16.5 Å². The zero-order valence-electron chi connectivity index (χ0n) is 12.6. The van der Waals surface area contributed by atoms with E-state index in [4.69, 9.17) is 11.6 Å². The van der Waals surface area contributed by atoms with Gasteiger partial charge in [0.2, 0.25) is 0 Å². The summed E-state index contributed by atoms with van der Waals surface area (Å²) < 4.78 is 3.95. The molecule has 4 nitrogen and oxygen atoms in total. The highest BCUT2D eigenvalue weighted by molar-refractivity contribution is 7.08. The molecule has 22 heavy (non-hydrogen) atoms. The van der Waals surface area contributed by atoms with Crippen LogP contribution in [0.15, 0.2) is 24.3 Å². The Labute approximate surface area is 139 Å². The van der Waals surface area contributed by atoms with Gasteiger partial charge in [0, 0.05) is 11.1 Å². The minimum atomic E-state index is 0.0177. The van der Waals surface area contributed by atoms with Gasteiger partial charge in [0.1, 0.15) is 4.88 Å². The lowest BCUT2D eigenvalue weighted by atomic mass is 10.1. The fraction of sp³-hybridized carbons (Fsp3) is 0.438. The van der Waals surface area contributed by atoms with Gasteiger partial charge >= 0.3 is 0 Å². The van der Waals surface area contributed by atoms with Crippen molar-refractivity contribution in [2.75, 3.05) is 0 Å². The molecule has 6 heteroatoms. The highest BCUT2D eigenvalue weighted by atomic mass is 35.5. The number of hydrogen-bond acceptors (Lipinski definition) is 4. The molecule has 1 atom stereocenters. The van der Waals surface area contributed by atoms with Crippen molar-refractivity contribution in [1.82, 2.24) is 14.5 Å². The molecule has 0 spiro atoms. The number of rotatable bonds is 5. The zero-order valence-corrected chi connectivity index (χ0v) is 14.2. The summed E-state index contributed by atoms with van der Waals surface area (Å²) in [6.07, 6.45) is 2.86. The summed E-state index contributed by atoms with van der Waals surface area (Å²) >= 11 is 7.16. The van der Waals surface area contributed by atoms with E-state index in [-0.39, 0.29) is 11.9 Å². The van der Waals surface area contributed by atoms with Crippen molar-refractivity contribution in [3.63, 3.8) is 0 Å². The summed E-state index contributed by atoms with van der Waals surface area (Å²) in [7, 11) is 0. The second kappa shape index (κ2) is 6.34. The Morgan fingerprint density at radius 1 is 1.41 bits per heavy atom. The first-order valence-corrected chi connectivity index (χ1v) is 8.66. The fourth-order valence-electron chi connectivity index (χ4n) is 2.63. The molecule has 1 saturated carbocycles. The third-order valence-corrected chi connectivity index (χ3v) is 5.04. The standard InChI is InChI=1S/C16H18ClN3OS/c1-3-14-15(22-19-18-14)16(21)20(13-8-9-13)10(2)11-4-6-12(17)7-5-11/h4-7,10,13H,3,8-9H2,1-2H3. The van der Waals surface area contributed by atoms with Crippen LogP contribution in [0.3, 0.4) is 0 Å². The number of aryl methyl sites for hydroxylation is 1. The first-order valence-electron chi connectivity index (χ1n) is 7.51. The average molecular weight is 336 g/mol. The van der Waals surface area contributed by atoms with E-state index in [1.54, 1.807) is 0 Å². The number of amides is 1. The van der Waals surface area contributed by atoms with Gasteiger partial charge in [0.15, 0.2) is 0 Å². The Balaban J connectivity index is 1.89. The van der Waals surface area contributed by atoms with E-state index in [9.17, 15) is 4.79 Å². The van der Waals surface area contributed by atoms with Gasteiger partial charge in [-0.3, -0.25) is 4.79 Å². The van der Waals surface area contributed by atoms with E-state index in [1.807, 2.05) is 36.1 Å². The number of halogens is 1. The van der Waals surface area contributed by atoms with Crippen molar-refractivity contribution in [1.29, 1.82) is 0 Å². The van der Waals surface area contributed by atoms with Gasteiger partial charge in [0.05, 0.1) is 11.7 Å². The third-order valence-electron chi connectivity index (χ3n) is 4.03. The predicted molar refractivity (Wildman–Crippen MR) is 88.3 cm³/mol. The topological polar surface area (TPSA) is 46.1 Å². The minimum Gasteiger partial charge on any atom is -0.328 e. The van der Waals surface area contributed by atoms with Crippen LogP contribution in [0.5, 0.6) is 0 Å². The Morgan fingerprint density at radius 3 is 2.68 bits per heavy atom. The average Bonchev–Trinajstić information content (AvgIpc) is 3.23.